The minimum atomic E-state index is -3.21. The minimum absolute atomic E-state index is 0.211. The molecular weight excluding hydrogens is 230 g/mol. The highest BCUT2D eigenvalue weighted by atomic mass is 32.2. The Hall–Kier alpha value is -1.69. The van der Waals surface area contributed by atoms with E-state index >= 15 is 0 Å². The lowest BCUT2D eigenvalue weighted by molar-refractivity contribution is -0.122. The fourth-order valence-electron chi connectivity index (χ4n) is 1.38. The molecule has 0 saturated carbocycles. The Morgan fingerprint density at radius 1 is 1.25 bits per heavy atom. The van der Waals surface area contributed by atoms with Crippen LogP contribution in [0, 0.1) is 0 Å². The van der Waals surface area contributed by atoms with Gasteiger partial charge in [0.05, 0.1) is 4.90 Å². The highest BCUT2D eigenvalue weighted by Crippen LogP contribution is 2.23. The first-order valence-electron chi connectivity index (χ1n) is 4.50. The van der Waals surface area contributed by atoms with Crippen molar-refractivity contribution in [3.05, 3.63) is 29.8 Å². The molecule has 0 bridgehead atoms. The van der Waals surface area contributed by atoms with Gasteiger partial charge in [-0.15, -0.1) is 0 Å². The molecule has 1 aliphatic heterocycles. The first-order valence-corrected chi connectivity index (χ1v) is 6.39. The van der Waals surface area contributed by atoms with Gasteiger partial charge in [0, 0.05) is 11.8 Å². The van der Waals surface area contributed by atoms with E-state index in [1.807, 2.05) is 0 Å². The molecule has 1 aromatic rings. The summed E-state index contributed by atoms with van der Waals surface area (Å²) < 4.78 is 27.4. The van der Waals surface area contributed by atoms with Crippen LogP contribution in [-0.2, 0) is 19.4 Å². The van der Waals surface area contributed by atoms with E-state index in [0.717, 1.165) is 12.7 Å². The highest BCUT2D eigenvalue weighted by Gasteiger charge is 2.25. The topological polar surface area (TPSA) is 72.8 Å². The SMILES string of the molecule is CS(=O)(=O)c1ccc([C@H]2OC=NC2=O)cc1. The van der Waals surface area contributed by atoms with Gasteiger partial charge >= 0.3 is 0 Å². The van der Waals surface area contributed by atoms with Crippen LogP contribution in [0.15, 0.2) is 34.2 Å². The third-order valence-corrected chi connectivity index (χ3v) is 3.34. The summed E-state index contributed by atoms with van der Waals surface area (Å²) in [5.41, 5.74) is 0.593. The van der Waals surface area contributed by atoms with Crippen molar-refractivity contribution in [1.29, 1.82) is 0 Å². The number of amides is 1. The zero-order valence-electron chi connectivity index (χ0n) is 8.45. The maximum atomic E-state index is 11.2. The van der Waals surface area contributed by atoms with E-state index in [9.17, 15) is 13.2 Å². The number of sulfone groups is 1. The summed E-state index contributed by atoms with van der Waals surface area (Å²) in [5, 5.41) is 0. The summed E-state index contributed by atoms with van der Waals surface area (Å²) in [5.74, 6) is -0.382. The van der Waals surface area contributed by atoms with Gasteiger partial charge in [-0.1, -0.05) is 12.1 Å². The van der Waals surface area contributed by atoms with Crippen LogP contribution in [0.2, 0.25) is 0 Å². The van der Waals surface area contributed by atoms with Gasteiger partial charge in [-0.05, 0) is 12.1 Å². The summed E-state index contributed by atoms with van der Waals surface area (Å²) in [6, 6.07) is 5.99. The Morgan fingerprint density at radius 3 is 2.31 bits per heavy atom. The Labute approximate surface area is 92.7 Å². The first kappa shape index (κ1) is 10.8. The maximum Gasteiger partial charge on any atom is 0.294 e. The van der Waals surface area contributed by atoms with Gasteiger partial charge in [0.2, 0.25) is 6.10 Å². The number of nitrogens with zero attached hydrogens (tertiary/aromatic N) is 1. The Balaban J connectivity index is 2.30. The summed E-state index contributed by atoms with van der Waals surface area (Å²) in [6.07, 6.45) is 1.48. The predicted octanol–water partition coefficient (Wildman–Crippen LogP) is 0.716. The average Bonchev–Trinajstić information content (AvgIpc) is 2.63. The number of carbonyl (C=O) groups is 1. The van der Waals surface area contributed by atoms with E-state index in [4.69, 9.17) is 4.74 Å². The number of hydrogen-bond donors (Lipinski definition) is 0. The molecule has 0 spiro atoms. The van der Waals surface area contributed by atoms with E-state index < -0.39 is 15.9 Å². The molecule has 0 aromatic heterocycles. The molecule has 5 nitrogen and oxygen atoms in total. The van der Waals surface area contributed by atoms with Crippen LogP contribution in [0.25, 0.3) is 0 Å². The molecule has 16 heavy (non-hydrogen) atoms. The number of benzene rings is 1. The van der Waals surface area contributed by atoms with Crippen LogP contribution in [0.5, 0.6) is 0 Å². The van der Waals surface area contributed by atoms with Gasteiger partial charge < -0.3 is 4.74 Å². The monoisotopic (exact) mass is 239 g/mol. The van der Waals surface area contributed by atoms with Gasteiger partial charge in [0.15, 0.2) is 16.2 Å². The summed E-state index contributed by atoms with van der Waals surface area (Å²) in [6.45, 7) is 0. The summed E-state index contributed by atoms with van der Waals surface area (Å²) >= 11 is 0. The van der Waals surface area contributed by atoms with E-state index in [1.54, 1.807) is 12.1 Å². The van der Waals surface area contributed by atoms with Crippen LogP contribution in [-0.4, -0.2) is 27.0 Å². The van der Waals surface area contributed by atoms with Crippen molar-refractivity contribution in [2.75, 3.05) is 6.26 Å². The first-order chi connectivity index (χ1) is 7.48. The molecule has 1 aromatic carbocycles. The standard InChI is InChI=1S/C10H9NO4S/c1-16(13,14)8-4-2-7(3-5-8)9-10(12)11-6-15-9/h2-6,9H,1H3/t9-/m1/s1. The van der Waals surface area contributed by atoms with Crippen LogP contribution >= 0.6 is 0 Å². The molecule has 1 aliphatic rings. The van der Waals surface area contributed by atoms with Crippen molar-refractivity contribution in [1.82, 2.24) is 0 Å². The van der Waals surface area contributed by atoms with Crippen LogP contribution in [0.3, 0.4) is 0 Å². The van der Waals surface area contributed by atoms with E-state index in [-0.39, 0.29) is 10.8 Å². The second-order valence-corrected chi connectivity index (χ2v) is 5.45. The molecule has 0 aliphatic carbocycles. The number of hydrogen-bond acceptors (Lipinski definition) is 4. The second kappa shape index (κ2) is 3.71. The molecule has 0 saturated heterocycles. The number of aliphatic imine (C=N–C) groups is 1. The molecule has 0 N–H and O–H groups in total. The van der Waals surface area contributed by atoms with Gasteiger partial charge in [0.25, 0.3) is 5.91 Å². The van der Waals surface area contributed by atoms with Crippen molar-refractivity contribution < 1.29 is 17.9 Å². The fraction of sp³-hybridized carbons (Fsp3) is 0.200. The Bertz CT molecular complexity index is 545. The van der Waals surface area contributed by atoms with Crippen molar-refractivity contribution >= 4 is 22.1 Å². The van der Waals surface area contributed by atoms with Crippen LogP contribution in [0.4, 0.5) is 0 Å². The molecule has 0 radical (unpaired) electrons. The molecule has 84 valence electrons. The number of rotatable bonds is 2. The van der Waals surface area contributed by atoms with Gasteiger partial charge in [-0.2, -0.15) is 4.99 Å². The zero-order valence-corrected chi connectivity index (χ0v) is 9.27. The maximum absolute atomic E-state index is 11.2. The smallest absolute Gasteiger partial charge is 0.294 e. The molecule has 0 unspecified atom stereocenters. The molecule has 0 fully saturated rings. The van der Waals surface area contributed by atoms with E-state index in [1.165, 1.54) is 12.1 Å². The van der Waals surface area contributed by atoms with Gasteiger partial charge in [-0.3, -0.25) is 4.79 Å². The molecule has 1 amide bonds. The summed E-state index contributed by atoms with van der Waals surface area (Å²) in [4.78, 5) is 14.9. The summed E-state index contributed by atoms with van der Waals surface area (Å²) in [7, 11) is -3.21. The fourth-order valence-corrected chi connectivity index (χ4v) is 2.01. The third-order valence-electron chi connectivity index (χ3n) is 2.21. The second-order valence-electron chi connectivity index (χ2n) is 3.43. The lowest BCUT2D eigenvalue weighted by Gasteiger charge is -2.07. The van der Waals surface area contributed by atoms with E-state index in [2.05, 4.69) is 4.99 Å². The lowest BCUT2D eigenvalue weighted by atomic mass is 10.1. The minimum Gasteiger partial charge on any atom is -0.465 e. The van der Waals surface area contributed by atoms with Crippen LogP contribution < -0.4 is 0 Å². The van der Waals surface area contributed by atoms with Crippen molar-refractivity contribution in [2.24, 2.45) is 4.99 Å². The Morgan fingerprint density at radius 2 is 1.88 bits per heavy atom. The highest BCUT2D eigenvalue weighted by molar-refractivity contribution is 7.90. The van der Waals surface area contributed by atoms with Crippen molar-refractivity contribution in [3.63, 3.8) is 0 Å². The molecular formula is C10H9NO4S. The largest absolute Gasteiger partial charge is 0.465 e. The quantitative estimate of drug-likeness (QED) is 0.762. The van der Waals surface area contributed by atoms with E-state index in [0.29, 0.717) is 5.56 Å². The van der Waals surface area contributed by atoms with Gasteiger partial charge in [-0.25, -0.2) is 8.42 Å². The number of ether oxygens (including phenoxy) is 1. The predicted molar refractivity (Wildman–Crippen MR) is 56.9 cm³/mol. The molecule has 2 rings (SSSR count). The number of carbonyl (C=O) groups excluding carboxylic acids is 1. The average molecular weight is 239 g/mol. The molecule has 6 heteroatoms. The molecule has 1 heterocycles. The lowest BCUT2D eigenvalue weighted by Crippen LogP contribution is -2.07. The van der Waals surface area contributed by atoms with Crippen molar-refractivity contribution in [2.45, 2.75) is 11.0 Å². The normalized spacial score (nSPS) is 19.8. The third kappa shape index (κ3) is 1.96. The molecule has 1 atom stereocenters. The van der Waals surface area contributed by atoms with Crippen LogP contribution in [0.1, 0.15) is 11.7 Å². The van der Waals surface area contributed by atoms with Crippen molar-refractivity contribution in [3.8, 4) is 0 Å². The van der Waals surface area contributed by atoms with Gasteiger partial charge in [0.1, 0.15) is 0 Å². The zero-order chi connectivity index (χ0) is 11.8. The Kier molecular flexibility index (Phi) is 2.51.